The minimum atomic E-state index is 0.490. The lowest BCUT2D eigenvalue weighted by Crippen LogP contribution is -2.25. The van der Waals surface area contributed by atoms with Crippen LogP contribution in [-0.4, -0.2) is 12.7 Å². The molecule has 2 saturated carbocycles. The first-order valence-corrected chi connectivity index (χ1v) is 13.0. The molecule has 0 amide bonds. The Bertz CT molecular complexity index is 670. The van der Waals surface area contributed by atoms with E-state index in [9.17, 15) is 0 Å². The maximum atomic E-state index is 8.57. The summed E-state index contributed by atoms with van der Waals surface area (Å²) in [5.74, 6) is 2.35. The largest absolute Gasteiger partial charge is 0.378 e. The summed E-state index contributed by atoms with van der Waals surface area (Å²) in [5, 5.41) is 8.57. The van der Waals surface area contributed by atoms with Gasteiger partial charge in [-0.3, -0.25) is 0 Å². The molecule has 31 heavy (non-hydrogen) atoms. The van der Waals surface area contributed by atoms with E-state index in [0.717, 1.165) is 30.8 Å². The highest BCUT2D eigenvalue weighted by atomic mass is 16.5. The summed E-state index contributed by atoms with van der Waals surface area (Å²) >= 11 is 0. The number of rotatable bonds is 11. The Morgan fingerprint density at radius 2 is 1.65 bits per heavy atom. The van der Waals surface area contributed by atoms with Crippen molar-refractivity contribution in [3.05, 3.63) is 47.5 Å². The van der Waals surface area contributed by atoms with Crippen LogP contribution < -0.4 is 0 Å². The summed E-state index contributed by atoms with van der Waals surface area (Å²) < 4.78 is 6.36. The van der Waals surface area contributed by atoms with E-state index in [4.69, 9.17) is 10.00 Å². The number of benzene rings is 1. The van der Waals surface area contributed by atoms with Crippen LogP contribution in [-0.2, 0) is 11.2 Å². The lowest BCUT2D eigenvalue weighted by atomic mass is 9.78. The second kappa shape index (κ2) is 13.7. The first-order chi connectivity index (χ1) is 15.3. The van der Waals surface area contributed by atoms with Crippen LogP contribution in [0.15, 0.2) is 36.4 Å². The average Bonchev–Trinajstić information content (AvgIpc) is 2.82. The Balaban J connectivity index is 1.29. The van der Waals surface area contributed by atoms with E-state index in [1.807, 2.05) is 6.08 Å². The molecule has 2 heteroatoms. The van der Waals surface area contributed by atoms with Gasteiger partial charge in [-0.1, -0.05) is 50.1 Å². The molecule has 2 aliphatic rings. The van der Waals surface area contributed by atoms with Crippen molar-refractivity contribution >= 4 is 0 Å². The molecule has 0 aliphatic heterocycles. The third-order valence-electron chi connectivity index (χ3n) is 7.66. The van der Waals surface area contributed by atoms with Crippen LogP contribution in [0.1, 0.15) is 107 Å². The summed E-state index contributed by atoms with van der Waals surface area (Å²) in [7, 11) is 0. The molecule has 1 aromatic rings. The molecule has 170 valence electrons. The lowest BCUT2D eigenvalue weighted by molar-refractivity contribution is -0.00824. The van der Waals surface area contributed by atoms with E-state index in [0.29, 0.717) is 6.10 Å². The third-order valence-corrected chi connectivity index (χ3v) is 7.66. The van der Waals surface area contributed by atoms with Crippen LogP contribution in [0.5, 0.6) is 0 Å². The number of nitrogens with zero attached hydrogens (tertiary/aromatic N) is 1. The van der Waals surface area contributed by atoms with Crippen LogP contribution in [0.4, 0.5) is 0 Å². The molecular weight excluding hydrogens is 378 g/mol. The predicted molar refractivity (Wildman–Crippen MR) is 130 cm³/mol. The summed E-state index contributed by atoms with van der Waals surface area (Å²) in [5.41, 5.74) is 3.06. The second-order valence-electron chi connectivity index (χ2n) is 10.0. The van der Waals surface area contributed by atoms with Crippen LogP contribution in [0.3, 0.4) is 0 Å². The number of unbranched alkanes of at least 4 members (excludes halogenated alkanes) is 2. The Labute approximate surface area is 191 Å². The molecule has 1 aromatic carbocycles. The highest BCUT2D eigenvalue weighted by Gasteiger charge is 2.25. The Morgan fingerprint density at radius 1 is 0.935 bits per heavy atom. The number of hydrogen-bond donors (Lipinski definition) is 0. The van der Waals surface area contributed by atoms with E-state index < -0.39 is 0 Å². The van der Waals surface area contributed by atoms with Gasteiger partial charge in [0.1, 0.15) is 0 Å². The molecule has 3 rings (SSSR count). The zero-order valence-electron chi connectivity index (χ0n) is 19.7. The van der Waals surface area contributed by atoms with Crippen molar-refractivity contribution in [1.29, 1.82) is 5.26 Å². The minimum absolute atomic E-state index is 0.490. The van der Waals surface area contributed by atoms with Crippen molar-refractivity contribution in [2.45, 2.75) is 109 Å². The highest BCUT2D eigenvalue weighted by Crippen LogP contribution is 2.37. The maximum Gasteiger partial charge on any atom is 0.0908 e. The fraction of sp³-hybridized carbons (Fsp3) is 0.690. The quantitative estimate of drug-likeness (QED) is 0.267. The van der Waals surface area contributed by atoms with E-state index in [2.05, 4.69) is 37.3 Å². The minimum Gasteiger partial charge on any atom is -0.378 e. The van der Waals surface area contributed by atoms with Gasteiger partial charge >= 0.3 is 0 Å². The van der Waals surface area contributed by atoms with E-state index in [1.165, 1.54) is 89.0 Å². The number of ether oxygens (including phenoxy) is 1. The van der Waals surface area contributed by atoms with Crippen molar-refractivity contribution in [3.63, 3.8) is 0 Å². The fourth-order valence-electron chi connectivity index (χ4n) is 5.53. The van der Waals surface area contributed by atoms with Crippen LogP contribution in [0, 0.1) is 23.2 Å². The van der Waals surface area contributed by atoms with Crippen molar-refractivity contribution in [1.82, 2.24) is 0 Å². The molecular formula is C29H43NO. The lowest BCUT2D eigenvalue weighted by Gasteiger charge is -2.32. The van der Waals surface area contributed by atoms with Crippen molar-refractivity contribution in [2.24, 2.45) is 11.8 Å². The van der Waals surface area contributed by atoms with Crippen molar-refractivity contribution in [2.75, 3.05) is 6.61 Å². The molecule has 0 unspecified atom stereocenters. The van der Waals surface area contributed by atoms with Gasteiger partial charge in [0.2, 0.25) is 0 Å². The van der Waals surface area contributed by atoms with Crippen LogP contribution >= 0.6 is 0 Å². The van der Waals surface area contributed by atoms with Gasteiger partial charge < -0.3 is 4.74 Å². The molecule has 0 spiro atoms. The molecule has 0 atom stereocenters. The predicted octanol–water partition coefficient (Wildman–Crippen LogP) is 8.13. The molecule has 0 radical (unpaired) electrons. The number of nitriles is 1. The molecule has 0 aromatic heterocycles. The fourth-order valence-corrected chi connectivity index (χ4v) is 5.53. The van der Waals surface area contributed by atoms with Crippen molar-refractivity contribution in [3.8, 4) is 6.07 Å². The first kappa shape index (κ1) is 24.1. The molecule has 0 heterocycles. The summed E-state index contributed by atoms with van der Waals surface area (Å²) in [4.78, 5) is 0. The monoisotopic (exact) mass is 421 g/mol. The normalized spacial score (nSPS) is 26.7. The Morgan fingerprint density at radius 3 is 2.32 bits per heavy atom. The number of aryl methyl sites for hydroxylation is 1. The van der Waals surface area contributed by atoms with Gasteiger partial charge in [0.25, 0.3) is 0 Å². The highest BCUT2D eigenvalue weighted by molar-refractivity contribution is 5.26. The molecule has 0 saturated heterocycles. The Hall–Kier alpha value is -1.59. The summed E-state index contributed by atoms with van der Waals surface area (Å²) in [6.07, 6.45) is 22.0. The SMILES string of the molecule is CCCCCc1ccc([C@H]2CC[C@H](CO[C@H]3CC[C@H](CCC=CC#N)CC3)CC2)cc1. The van der Waals surface area contributed by atoms with Crippen LogP contribution in [0.25, 0.3) is 0 Å². The standard InChI is InChI=1S/C29H43NO/c1-2-3-5-8-24-10-16-27(17-11-24)28-18-12-26(13-19-28)23-31-29-20-14-25(15-21-29)9-6-4-7-22-30/h4,7,10-11,16-17,25-26,28-29H,2-3,5-6,8-9,12-15,18-21,23H2,1H3/t25-,26-,28-,29-. The smallest absolute Gasteiger partial charge is 0.0908 e. The Kier molecular flexibility index (Phi) is 10.7. The maximum absolute atomic E-state index is 8.57. The molecule has 0 N–H and O–H groups in total. The van der Waals surface area contributed by atoms with Crippen LogP contribution in [0.2, 0.25) is 0 Å². The van der Waals surface area contributed by atoms with E-state index in [-0.39, 0.29) is 0 Å². The summed E-state index contributed by atoms with van der Waals surface area (Å²) in [6, 6.07) is 11.6. The molecule has 2 aliphatic carbocycles. The van der Waals surface area contributed by atoms with Gasteiger partial charge in [0.05, 0.1) is 12.2 Å². The van der Waals surface area contributed by atoms with Gasteiger partial charge in [-0.2, -0.15) is 5.26 Å². The van der Waals surface area contributed by atoms with Gasteiger partial charge in [0.15, 0.2) is 0 Å². The zero-order valence-corrected chi connectivity index (χ0v) is 19.7. The molecule has 0 bridgehead atoms. The van der Waals surface area contributed by atoms with Gasteiger partial charge in [-0.05, 0) is 106 Å². The second-order valence-corrected chi connectivity index (χ2v) is 10.0. The topological polar surface area (TPSA) is 33.0 Å². The third kappa shape index (κ3) is 8.46. The number of allylic oxidation sites excluding steroid dienone is 2. The van der Waals surface area contributed by atoms with Crippen molar-refractivity contribution < 1.29 is 4.74 Å². The van der Waals surface area contributed by atoms with E-state index >= 15 is 0 Å². The van der Waals surface area contributed by atoms with Gasteiger partial charge in [0, 0.05) is 12.7 Å². The number of hydrogen-bond acceptors (Lipinski definition) is 2. The van der Waals surface area contributed by atoms with E-state index in [1.54, 1.807) is 11.6 Å². The van der Waals surface area contributed by atoms with Gasteiger partial charge in [-0.15, -0.1) is 0 Å². The summed E-state index contributed by atoms with van der Waals surface area (Å²) in [6.45, 7) is 3.25. The average molecular weight is 422 g/mol. The molecule has 2 fully saturated rings. The first-order valence-electron chi connectivity index (χ1n) is 13.0. The van der Waals surface area contributed by atoms with Gasteiger partial charge in [-0.25, -0.2) is 0 Å². The zero-order chi connectivity index (χ0) is 21.7. The molecule has 2 nitrogen and oxygen atoms in total.